The van der Waals surface area contributed by atoms with E-state index in [2.05, 4.69) is 5.32 Å². The van der Waals surface area contributed by atoms with Crippen molar-refractivity contribution in [1.82, 2.24) is 9.78 Å². The summed E-state index contributed by atoms with van der Waals surface area (Å²) >= 11 is 0. The molecule has 4 aromatic rings. The summed E-state index contributed by atoms with van der Waals surface area (Å²) in [4.78, 5) is 12.0. The third-order valence-electron chi connectivity index (χ3n) is 5.14. The number of aryl methyl sites for hydroxylation is 1. The molecule has 0 aliphatic heterocycles. The summed E-state index contributed by atoms with van der Waals surface area (Å²) < 4.78 is 12.4. The van der Waals surface area contributed by atoms with Gasteiger partial charge in [-0.1, -0.05) is 48.5 Å². The van der Waals surface area contributed by atoms with Crippen molar-refractivity contribution in [3.8, 4) is 28.4 Å². The van der Waals surface area contributed by atoms with Gasteiger partial charge in [-0.2, -0.15) is 5.10 Å². The fourth-order valence-corrected chi connectivity index (χ4v) is 3.50. The van der Waals surface area contributed by atoms with Crippen molar-refractivity contribution in [3.05, 3.63) is 83.9 Å². The van der Waals surface area contributed by atoms with Crippen LogP contribution in [-0.4, -0.2) is 35.1 Å². The molecule has 0 spiro atoms. The number of carboxylic acids is 1. The number of anilines is 2. The molecule has 162 valence electrons. The van der Waals surface area contributed by atoms with E-state index in [9.17, 15) is 9.90 Å². The maximum absolute atomic E-state index is 12.0. The number of carbonyl (C=O) groups is 1. The van der Waals surface area contributed by atoms with E-state index in [0.29, 0.717) is 23.0 Å². The lowest BCUT2D eigenvalue weighted by molar-refractivity contribution is 0.0697. The first-order valence-electron chi connectivity index (χ1n) is 9.99. The quantitative estimate of drug-likeness (QED) is 0.414. The van der Waals surface area contributed by atoms with Gasteiger partial charge in [0.1, 0.15) is 5.82 Å². The largest absolute Gasteiger partial charge is 0.493 e. The molecule has 0 radical (unpaired) electrons. The Morgan fingerprint density at radius 1 is 0.938 bits per heavy atom. The minimum absolute atomic E-state index is 0.0569. The number of para-hydroxylation sites is 1. The Bertz CT molecular complexity index is 1270. The van der Waals surface area contributed by atoms with Gasteiger partial charge in [-0.25, -0.2) is 9.48 Å². The van der Waals surface area contributed by atoms with Gasteiger partial charge in [-0.3, -0.25) is 0 Å². The standard InChI is InChI=1S/C25H23N3O4/c1-16-9-7-8-12-21(16)28-24(15-19(27-28)17-10-5-4-6-11-17)26-20-14-23(32-3)22(31-2)13-18(20)25(29)30/h4-15,26H,1-3H3,(H,29,30). The van der Waals surface area contributed by atoms with E-state index in [-0.39, 0.29) is 5.56 Å². The number of aromatic carboxylic acids is 1. The van der Waals surface area contributed by atoms with Gasteiger partial charge in [-0.05, 0) is 18.6 Å². The van der Waals surface area contributed by atoms with Crippen molar-refractivity contribution in [2.24, 2.45) is 0 Å². The summed E-state index contributed by atoms with van der Waals surface area (Å²) in [5.74, 6) is 0.296. The van der Waals surface area contributed by atoms with Gasteiger partial charge in [-0.15, -0.1) is 0 Å². The van der Waals surface area contributed by atoms with Gasteiger partial charge >= 0.3 is 5.97 Å². The number of nitrogens with zero attached hydrogens (tertiary/aromatic N) is 2. The Kier molecular flexibility index (Phi) is 5.81. The van der Waals surface area contributed by atoms with Crippen molar-refractivity contribution in [3.63, 3.8) is 0 Å². The van der Waals surface area contributed by atoms with Crippen molar-refractivity contribution in [1.29, 1.82) is 0 Å². The van der Waals surface area contributed by atoms with Crippen LogP contribution in [0.2, 0.25) is 0 Å². The fourth-order valence-electron chi connectivity index (χ4n) is 3.50. The Morgan fingerprint density at radius 2 is 1.59 bits per heavy atom. The van der Waals surface area contributed by atoms with Crippen LogP contribution in [0.4, 0.5) is 11.5 Å². The molecule has 0 amide bonds. The molecule has 0 atom stereocenters. The molecule has 0 saturated heterocycles. The molecule has 0 unspecified atom stereocenters. The molecule has 2 N–H and O–H groups in total. The highest BCUT2D eigenvalue weighted by atomic mass is 16.5. The van der Waals surface area contributed by atoms with Crippen LogP contribution in [-0.2, 0) is 0 Å². The molecule has 0 fully saturated rings. The molecule has 7 heteroatoms. The van der Waals surface area contributed by atoms with Crippen LogP contribution in [0.3, 0.4) is 0 Å². The molecule has 3 aromatic carbocycles. The van der Waals surface area contributed by atoms with Crippen molar-refractivity contribution < 1.29 is 19.4 Å². The number of hydrogen-bond donors (Lipinski definition) is 2. The van der Waals surface area contributed by atoms with E-state index >= 15 is 0 Å². The first-order chi connectivity index (χ1) is 15.5. The molecular weight excluding hydrogens is 406 g/mol. The Hall–Kier alpha value is -4.26. The third kappa shape index (κ3) is 4.00. The monoisotopic (exact) mass is 429 g/mol. The third-order valence-corrected chi connectivity index (χ3v) is 5.14. The molecule has 1 aromatic heterocycles. The first kappa shape index (κ1) is 21.0. The Labute approximate surface area is 185 Å². The van der Waals surface area contributed by atoms with Crippen LogP contribution in [0.25, 0.3) is 16.9 Å². The maximum atomic E-state index is 12.0. The first-order valence-corrected chi connectivity index (χ1v) is 9.99. The predicted octanol–water partition coefficient (Wildman–Crippen LogP) is 5.31. The van der Waals surface area contributed by atoms with E-state index in [1.54, 1.807) is 10.7 Å². The molecule has 4 rings (SSSR count). The van der Waals surface area contributed by atoms with E-state index in [1.807, 2.05) is 67.6 Å². The average Bonchev–Trinajstić information content (AvgIpc) is 3.23. The van der Waals surface area contributed by atoms with E-state index in [0.717, 1.165) is 22.5 Å². The lowest BCUT2D eigenvalue weighted by Crippen LogP contribution is -2.08. The fraction of sp³-hybridized carbons (Fsp3) is 0.120. The van der Waals surface area contributed by atoms with Gasteiger partial charge in [0, 0.05) is 23.8 Å². The average molecular weight is 429 g/mol. The zero-order valence-corrected chi connectivity index (χ0v) is 18.0. The SMILES string of the molecule is COc1cc(Nc2cc(-c3ccccc3)nn2-c2ccccc2C)c(C(=O)O)cc1OC. The van der Waals surface area contributed by atoms with Crippen molar-refractivity contribution in [2.75, 3.05) is 19.5 Å². The van der Waals surface area contributed by atoms with E-state index in [1.165, 1.54) is 20.3 Å². The number of hydrogen-bond acceptors (Lipinski definition) is 5. The summed E-state index contributed by atoms with van der Waals surface area (Å²) in [5, 5.41) is 17.8. The van der Waals surface area contributed by atoms with E-state index < -0.39 is 5.97 Å². The number of ether oxygens (including phenoxy) is 2. The minimum Gasteiger partial charge on any atom is -0.493 e. The van der Waals surface area contributed by atoms with Crippen LogP contribution in [0.15, 0.2) is 72.8 Å². The number of nitrogens with one attached hydrogen (secondary N) is 1. The summed E-state index contributed by atoms with van der Waals surface area (Å²) in [6.07, 6.45) is 0. The topological polar surface area (TPSA) is 85.6 Å². The Morgan fingerprint density at radius 3 is 2.25 bits per heavy atom. The van der Waals surface area contributed by atoms with Crippen LogP contribution < -0.4 is 14.8 Å². The second-order valence-corrected chi connectivity index (χ2v) is 7.16. The minimum atomic E-state index is -1.08. The normalized spacial score (nSPS) is 10.6. The van der Waals surface area contributed by atoms with Gasteiger partial charge in [0.15, 0.2) is 11.5 Å². The van der Waals surface area contributed by atoms with Gasteiger partial charge in [0.05, 0.1) is 36.9 Å². The van der Waals surface area contributed by atoms with Crippen molar-refractivity contribution >= 4 is 17.5 Å². The molecular formula is C25H23N3O4. The number of methoxy groups -OCH3 is 2. The van der Waals surface area contributed by atoms with Gasteiger partial charge in [0.25, 0.3) is 0 Å². The molecule has 32 heavy (non-hydrogen) atoms. The second-order valence-electron chi connectivity index (χ2n) is 7.16. The highest BCUT2D eigenvalue weighted by Gasteiger charge is 2.19. The number of benzene rings is 3. The molecule has 0 saturated carbocycles. The number of carboxylic acid groups (broad SMARTS) is 1. The summed E-state index contributed by atoms with van der Waals surface area (Å²) in [6, 6.07) is 22.6. The molecule has 0 bridgehead atoms. The smallest absolute Gasteiger partial charge is 0.337 e. The number of rotatable bonds is 7. The van der Waals surface area contributed by atoms with E-state index in [4.69, 9.17) is 14.6 Å². The Balaban J connectivity index is 1.88. The zero-order valence-electron chi connectivity index (χ0n) is 18.0. The molecule has 1 heterocycles. The molecule has 7 nitrogen and oxygen atoms in total. The summed E-state index contributed by atoms with van der Waals surface area (Å²) in [6.45, 7) is 2.00. The highest BCUT2D eigenvalue weighted by molar-refractivity contribution is 5.96. The second kappa shape index (κ2) is 8.85. The highest BCUT2D eigenvalue weighted by Crippen LogP contribution is 2.36. The summed E-state index contributed by atoms with van der Waals surface area (Å²) in [7, 11) is 2.98. The number of aromatic nitrogens is 2. The van der Waals surface area contributed by atoms with Crippen LogP contribution in [0.1, 0.15) is 15.9 Å². The van der Waals surface area contributed by atoms with Gasteiger partial charge in [0.2, 0.25) is 0 Å². The van der Waals surface area contributed by atoms with Crippen LogP contribution >= 0.6 is 0 Å². The maximum Gasteiger partial charge on any atom is 0.337 e. The summed E-state index contributed by atoms with van der Waals surface area (Å²) in [5.41, 5.74) is 4.05. The molecule has 0 aliphatic carbocycles. The van der Waals surface area contributed by atoms with Crippen molar-refractivity contribution in [2.45, 2.75) is 6.92 Å². The van der Waals surface area contributed by atoms with Gasteiger partial charge < -0.3 is 19.9 Å². The van der Waals surface area contributed by atoms with Crippen LogP contribution in [0.5, 0.6) is 11.5 Å². The lowest BCUT2D eigenvalue weighted by atomic mass is 10.1. The zero-order chi connectivity index (χ0) is 22.7. The lowest BCUT2D eigenvalue weighted by Gasteiger charge is -2.16. The predicted molar refractivity (Wildman–Crippen MR) is 124 cm³/mol. The van der Waals surface area contributed by atoms with Crippen LogP contribution in [0, 0.1) is 6.92 Å². The molecule has 0 aliphatic rings.